The van der Waals surface area contributed by atoms with Crippen LogP contribution in [0.5, 0.6) is 11.5 Å². The van der Waals surface area contributed by atoms with Crippen molar-refractivity contribution in [2.45, 2.75) is 13.8 Å². The second-order valence-corrected chi connectivity index (χ2v) is 5.79. The van der Waals surface area contributed by atoms with Gasteiger partial charge in [0.05, 0.1) is 6.61 Å². The Bertz CT molecular complexity index is 894. The van der Waals surface area contributed by atoms with Crippen molar-refractivity contribution in [2.24, 2.45) is 0 Å². The van der Waals surface area contributed by atoms with E-state index in [1.807, 2.05) is 0 Å². The van der Waals surface area contributed by atoms with Crippen LogP contribution in [0, 0.1) is 6.92 Å². The molecule has 0 atom stereocenters. The Kier molecular flexibility index (Phi) is 6.97. The van der Waals surface area contributed by atoms with Gasteiger partial charge in [0.1, 0.15) is 0 Å². The zero-order valence-electron chi connectivity index (χ0n) is 15.9. The van der Waals surface area contributed by atoms with Crippen LogP contribution in [-0.4, -0.2) is 43.2 Å². The lowest BCUT2D eigenvalue weighted by Gasteiger charge is -2.14. The quantitative estimate of drug-likeness (QED) is 0.642. The highest BCUT2D eigenvalue weighted by Crippen LogP contribution is 2.29. The molecule has 0 aromatic heterocycles. The number of carboxylic acids is 1. The summed E-state index contributed by atoms with van der Waals surface area (Å²) in [5, 5.41) is 14.1. The second kappa shape index (κ2) is 9.40. The van der Waals surface area contributed by atoms with Crippen LogP contribution in [0.25, 0.3) is 0 Å². The minimum atomic E-state index is -1.12. The predicted molar refractivity (Wildman–Crippen MR) is 103 cm³/mol. The first kappa shape index (κ1) is 20.8. The molecule has 3 N–H and O–H groups in total. The van der Waals surface area contributed by atoms with Gasteiger partial charge in [0.25, 0.3) is 11.8 Å². The molecular weight excluding hydrogens is 364 g/mol. The number of aliphatic carboxylic acids is 1. The highest BCUT2D eigenvalue weighted by Gasteiger charge is 2.15. The summed E-state index contributed by atoms with van der Waals surface area (Å²) in [6, 6.07) is 9.53. The number of hydrogen-bond acceptors (Lipinski definition) is 5. The van der Waals surface area contributed by atoms with Crippen LogP contribution < -0.4 is 20.1 Å². The second-order valence-electron chi connectivity index (χ2n) is 5.79. The molecule has 0 unspecified atom stereocenters. The molecule has 8 heteroatoms. The van der Waals surface area contributed by atoms with E-state index in [4.69, 9.17) is 14.6 Å². The van der Waals surface area contributed by atoms with Gasteiger partial charge in [0.2, 0.25) is 0 Å². The van der Waals surface area contributed by atoms with E-state index in [1.54, 1.807) is 32.0 Å². The van der Waals surface area contributed by atoms with Crippen molar-refractivity contribution in [3.63, 3.8) is 0 Å². The summed E-state index contributed by atoms with van der Waals surface area (Å²) in [6.45, 7) is 3.31. The Hall–Kier alpha value is -3.55. The third-order valence-corrected chi connectivity index (χ3v) is 3.91. The lowest BCUT2D eigenvalue weighted by atomic mass is 10.1. The highest BCUT2D eigenvalue weighted by atomic mass is 16.5. The van der Waals surface area contributed by atoms with Gasteiger partial charge in [-0.3, -0.25) is 9.59 Å². The summed E-state index contributed by atoms with van der Waals surface area (Å²) < 4.78 is 10.6. The molecule has 0 spiro atoms. The summed E-state index contributed by atoms with van der Waals surface area (Å²) in [6.07, 6.45) is 0. The topological polar surface area (TPSA) is 114 Å². The molecule has 0 aliphatic heterocycles. The third kappa shape index (κ3) is 5.00. The zero-order valence-corrected chi connectivity index (χ0v) is 15.9. The van der Waals surface area contributed by atoms with Crippen molar-refractivity contribution in [2.75, 3.05) is 25.6 Å². The van der Waals surface area contributed by atoms with Crippen LogP contribution in [-0.2, 0) is 4.79 Å². The van der Waals surface area contributed by atoms with Crippen LogP contribution in [0.1, 0.15) is 33.2 Å². The van der Waals surface area contributed by atoms with E-state index in [-0.39, 0.29) is 17.4 Å². The maximum atomic E-state index is 12.6. The third-order valence-electron chi connectivity index (χ3n) is 3.91. The molecule has 2 aromatic rings. The fraction of sp³-hybridized carbons (Fsp3) is 0.250. The minimum Gasteiger partial charge on any atom is -0.490 e. The van der Waals surface area contributed by atoms with Crippen LogP contribution >= 0.6 is 0 Å². The van der Waals surface area contributed by atoms with E-state index in [9.17, 15) is 14.4 Å². The van der Waals surface area contributed by atoms with Gasteiger partial charge in [0, 0.05) is 23.9 Å². The number of benzene rings is 2. The van der Waals surface area contributed by atoms with Crippen molar-refractivity contribution in [1.82, 2.24) is 5.32 Å². The first-order valence-corrected chi connectivity index (χ1v) is 8.61. The Labute approximate surface area is 162 Å². The molecule has 0 saturated carbocycles. The van der Waals surface area contributed by atoms with E-state index < -0.39 is 18.5 Å². The van der Waals surface area contributed by atoms with Gasteiger partial charge in [-0.05, 0) is 49.7 Å². The number of ether oxygens (including phenoxy) is 2. The summed E-state index contributed by atoms with van der Waals surface area (Å²) in [7, 11) is 1.54. The normalized spacial score (nSPS) is 10.1. The van der Waals surface area contributed by atoms with E-state index in [0.29, 0.717) is 29.0 Å². The summed E-state index contributed by atoms with van der Waals surface area (Å²) in [5.41, 5.74) is 1.92. The number of amides is 2. The lowest BCUT2D eigenvalue weighted by molar-refractivity contribution is -0.139. The Morgan fingerprint density at radius 1 is 1.04 bits per heavy atom. The van der Waals surface area contributed by atoms with Gasteiger partial charge in [-0.15, -0.1) is 0 Å². The summed E-state index contributed by atoms with van der Waals surface area (Å²) in [4.78, 5) is 35.2. The summed E-state index contributed by atoms with van der Waals surface area (Å²) >= 11 is 0. The average molecular weight is 386 g/mol. The van der Waals surface area contributed by atoms with Gasteiger partial charge in [-0.2, -0.15) is 0 Å². The van der Waals surface area contributed by atoms with E-state index in [0.717, 1.165) is 0 Å². The smallest absolute Gasteiger partial charge is 0.341 e. The minimum absolute atomic E-state index is 0.235. The molecule has 0 heterocycles. The standard InChI is InChI=1S/C20H22N2O6/c1-4-27-17-10-13(8-9-16(17)28-11-18(23)24)19(25)22-15-7-5-6-14(12(15)2)20(26)21-3/h5-10H,4,11H2,1-3H3,(H,21,26)(H,22,25)(H,23,24). The van der Waals surface area contributed by atoms with Gasteiger partial charge in [-0.25, -0.2) is 4.79 Å². The van der Waals surface area contributed by atoms with Crippen LogP contribution in [0.15, 0.2) is 36.4 Å². The average Bonchev–Trinajstić information content (AvgIpc) is 2.68. The number of carbonyl (C=O) groups excluding carboxylic acids is 2. The lowest BCUT2D eigenvalue weighted by Crippen LogP contribution is -2.20. The van der Waals surface area contributed by atoms with E-state index in [1.165, 1.54) is 25.2 Å². The number of carboxylic acid groups (broad SMARTS) is 1. The maximum Gasteiger partial charge on any atom is 0.341 e. The largest absolute Gasteiger partial charge is 0.490 e. The van der Waals surface area contributed by atoms with Crippen molar-refractivity contribution in [3.05, 3.63) is 53.1 Å². The van der Waals surface area contributed by atoms with Crippen LogP contribution in [0.4, 0.5) is 5.69 Å². The molecule has 2 amide bonds. The fourth-order valence-corrected chi connectivity index (χ4v) is 2.52. The van der Waals surface area contributed by atoms with Gasteiger partial charge in [0.15, 0.2) is 18.1 Å². The number of nitrogens with one attached hydrogen (secondary N) is 2. The van der Waals surface area contributed by atoms with Crippen LogP contribution in [0.2, 0.25) is 0 Å². The molecule has 0 aliphatic carbocycles. The maximum absolute atomic E-state index is 12.6. The molecular formula is C20H22N2O6. The van der Waals surface area contributed by atoms with Gasteiger partial charge >= 0.3 is 5.97 Å². The molecule has 0 radical (unpaired) electrons. The van der Waals surface area contributed by atoms with E-state index >= 15 is 0 Å². The number of anilines is 1. The van der Waals surface area contributed by atoms with Crippen molar-refractivity contribution in [1.29, 1.82) is 0 Å². The molecule has 0 aliphatic rings. The molecule has 2 rings (SSSR count). The number of carbonyl (C=O) groups is 3. The monoisotopic (exact) mass is 386 g/mol. The van der Waals surface area contributed by atoms with Crippen molar-refractivity contribution < 1.29 is 29.0 Å². The SMILES string of the molecule is CCOc1cc(C(=O)Nc2cccc(C(=O)NC)c2C)ccc1OCC(=O)O. The number of rotatable bonds is 8. The first-order chi connectivity index (χ1) is 13.4. The van der Waals surface area contributed by atoms with Gasteiger partial charge in [-0.1, -0.05) is 6.07 Å². The van der Waals surface area contributed by atoms with Crippen molar-refractivity contribution >= 4 is 23.5 Å². The van der Waals surface area contributed by atoms with Crippen LogP contribution in [0.3, 0.4) is 0 Å². The molecule has 0 saturated heterocycles. The molecule has 2 aromatic carbocycles. The molecule has 8 nitrogen and oxygen atoms in total. The Morgan fingerprint density at radius 2 is 1.79 bits per heavy atom. The van der Waals surface area contributed by atoms with E-state index in [2.05, 4.69) is 10.6 Å². The molecule has 148 valence electrons. The summed E-state index contributed by atoms with van der Waals surface area (Å²) in [5.74, 6) is -1.25. The van der Waals surface area contributed by atoms with Crippen molar-refractivity contribution in [3.8, 4) is 11.5 Å². The first-order valence-electron chi connectivity index (χ1n) is 8.61. The van der Waals surface area contributed by atoms with Gasteiger partial charge < -0.3 is 25.2 Å². The molecule has 0 fully saturated rings. The number of hydrogen-bond donors (Lipinski definition) is 3. The fourth-order valence-electron chi connectivity index (χ4n) is 2.52. The molecule has 0 bridgehead atoms. The molecule has 28 heavy (non-hydrogen) atoms. The highest BCUT2D eigenvalue weighted by molar-refractivity contribution is 6.06. The predicted octanol–water partition coefficient (Wildman–Crippen LogP) is 2.47. The Morgan fingerprint density at radius 3 is 2.43 bits per heavy atom. The zero-order chi connectivity index (χ0) is 20.7. The Balaban J connectivity index is 2.26.